The molecule has 0 amide bonds. The van der Waals surface area contributed by atoms with Crippen molar-refractivity contribution in [3.05, 3.63) is 150 Å². The number of likely N-dealkylation sites (tertiary alicyclic amines) is 2. The van der Waals surface area contributed by atoms with Gasteiger partial charge < -0.3 is 0 Å². The van der Waals surface area contributed by atoms with Crippen molar-refractivity contribution >= 4 is 0 Å². The zero-order valence-electron chi connectivity index (χ0n) is 20.1. The lowest BCUT2D eigenvalue weighted by Crippen LogP contribution is -2.35. The summed E-state index contributed by atoms with van der Waals surface area (Å²) in [6.45, 7) is 4.04. The van der Waals surface area contributed by atoms with Crippen LogP contribution in [-0.4, -0.2) is 9.80 Å². The van der Waals surface area contributed by atoms with Gasteiger partial charge in [0.1, 0.15) is 6.67 Å². The fourth-order valence-electron chi connectivity index (χ4n) is 6.04. The summed E-state index contributed by atoms with van der Waals surface area (Å²) in [4.78, 5) is 5.09. The van der Waals surface area contributed by atoms with Gasteiger partial charge in [-0.1, -0.05) is 121 Å². The third-order valence-corrected chi connectivity index (χ3v) is 7.74. The van der Waals surface area contributed by atoms with Crippen LogP contribution < -0.4 is 0 Å². The van der Waals surface area contributed by atoms with Crippen molar-refractivity contribution in [3.63, 3.8) is 0 Å². The Morgan fingerprint density at radius 3 is 0.829 bits per heavy atom. The molecule has 2 saturated heterocycles. The summed E-state index contributed by atoms with van der Waals surface area (Å²) >= 11 is 0. The Labute approximate surface area is 209 Å². The molecule has 4 aromatic carbocycles. The molecule has 0 aromatic heterocycles. The summed E-state index contributed by atoms with van der Waals surface area (Å²) in [7, 11) is 0. The molecule has 2 heteroatoms. The molecular weight excluding hydrogens is 424 g/mol. The SMILES string of the molecule is [C](N1[C@@H](c2ccccc2)CC[C@@H]1c1ccccc1)N1[C@@H](c2ccccc2)CC[C@@H]1c1ccccc1. The quantitative estimate of drug-likeness (QED) is 0.289. The van der Waals surface area contributed by atoms with E-state index in [1.807, 2.05) is 0 Å². The number of hydrogen-bond donors (Lipinski definition) is 0. The van der Waals surface area contributed by atoms with Gasteiger partial charge in [0, 0.05) is 24.2 Å². The fraction of sp³-hybridized carbons (Fsp3) is 0.242. The first kappa shape index (κ1) is 22.3. The number of hydrogen-bond acceptors (Lipinski definition) is 2. The van der Waals surface area contributed by atoms with E-state index in [1.165, 1.54) is 22.3 Å². The van der Waals surface area contributed by atoms with E-state index in [2.05, 4.69) is 138 Å². The summed E-state index contributed by atoms with van der Waals surface area (Å²) in [5, 5.41) is 0. The highest BCUT2D eigenvalue weighted by molar-refractivity contribution is 5.29. The molecule has 2 nitrogen and oxygen atoms in total. The third-order valence-electron chi connectivity index (χ3n) is 7.74. The van der Waals surface area contributed by atoms with E-state index in [9.17, 15) is 0 Å². The molecule has 2 aliphatic rings. The smallest absolute Gasteiger partial charge is 0.148 e. The maximum atomic E-state index is 4.04. The minimum atomic E-state index is 0.329. The van der Waals surface area contributed by atoms with E-state index in [4.69, 9.17) is 0 Å². The molecule has 2 aliphatic heterocycles. The molecule has 174 valence electrons. The van der Waals surface area contributed by atoms with Crippen LogP contribution >= 0.6 is 0 Å². The molecule has 4 aromatic rings. The summed E-state index contributed by atoms with van der Waals surface area (Å²) in [5.74, 6) is 0. The summed E-state index contributed by atoms with van der Waals surface area (Å²) in [6, 6.07) is 45.3. The van der Waals surface area contributed by atoms with Crippen molar-refractivity contribution in [2.45, 2.75) is 49.9 Å². The number of benzene rings is 4. The normalized spacial score (nSPS) is 25.1. The van der Waals surface area contributed by atoms with Gasteiger partial charge in [0.2, 0.25) is 0 Å². The van der Waals surface area contributed by atoms with Crippen LogP contribution in [0.5, 0.6) is 0 Å². The lowest BCUT2D eigenvalue weighted by molar-refractivity contribution is 0.113. The predicted molar refractivity (Wildman–Crippen MR) is 142 cm³/mol. The third kappa shape index (κ3) is 4.57. The van der Waals surface area contributed by atoms with Gasteiger partial charge in [-0.15, -0.1) is 0 Å². The van der Waals surface area contributed by atoms with E-state index in [0.717, 1.165) is 25.7 Å². The molecule has 0 saturated carbocycles. The molecule has 4 atom stereocenters. The maximum absolute atomic E-state index is 4.04. The van der Waals surface area contributed by atoms with Crippen molar-refractivity contribution in [1.82, 2.24) is 9.80 Å². The second-order valence-corrected chi connectivity index (χ2v) is 9.78. The highest BCUT2D eigenvalue weighted by Gasteiger charge is 2.42. The first-order chi connectivity index (χ1) is 17.4. The lowest BCUT2D eigenvalue weighted by Gasteiger charge is -2.38. The van der Waals surface area contributed by atoms with Crippen LogP contribution in [0.2, 0.25) is 0 Å². The monoisotopic (exact) mass is 456 g/mol. The maximum Gasteiger partial charge on any atom is 0.148 e. The Bertz CT molecular complexity index is 1000. The van der Waals surface area contributed by atoms with Crippen molar-refractivity contribution in [1.29, 1.82) is 0 Å². The highest BCUT2D eigenvalue weighted by atomic mass is 15.4. The van der Waals surface area contributed by atoms with E-state index < -0.39 is 0 Å². The first-order valence-electron chi connectivity index (χ1n) is 12.9. The van der Waals surface area contributed by atoms with Crippen LogP contribution in [-0.2, 0) is 0 Å². The Hall–Kier alpha value is -3.20. The van der Waals surface area contributed by atoms with E-state index >= 15 is 0 Å². The molecule has 2 heterocycles. The van der Waals surface area contributed by atoms with Crippen LogP contribution in [0.3, 0.4) is 0 Å². The lowest BCUT2D eigenvalue weighted by atomic mass is 10.0. The van der Waals surface area contributed by atoms with Gasteiger partial charge in [-0.3, -0.25) is 9.80 Å². The fourth-order valence-corrected chi connectivity index (χ4v) is 6.04. The minimum absolute atomic E-state index is 0.329. The van der Waals surface area contributed by atoms with Gasteiger partial charge in [0.15, 0.2) is 0 Å². The van der Waals surface area contributed by atoms with Crippen LogP contribution in [0.4, 0.5) is 0 Å². The van der Waals surface area contributed by atoms with Crippen LogP contribution in [0, 0.1) is 6.67 Å². The molecule has 2 radical (unpaired) electrons. The second kappa shape index (κ2) is 10.2. The molecule has 0 bridgehead atoms. The van der Waals surface area contributed by atoms with Crippen molar-refractivity contribution in [2.24, 2.45) is 0 Å². The van der Waals surface area contributed by atoms with Gasteiger partial charge >= 0.3 is 0 Å². The van der Waals surface area contributed by atoms with E-state index in [1.54, 1.807) is 0 Å². The van der Waals surface area contributed by atoms with Crippen molar-refractivity contribution < 1.29 is 0 Å². The summed E-state index contributed by atoms with van der Waals surface area (Å²) < 4.78 is 0. The number of nitrogens with zero attached hydrogens (tertiary/aromatic N) is 2. The van der Waals surface area contributed by atoms with Crippen molar-refractivity contribution in [3.8, 4) is 0 Å². The molecule has 6 rings (SSSR count). The Morgan fingerprint density at radius 2 is 0.600 bits per heavy atom. The minimum Gasteiger partial charge on any atom is -0.265 e. The summed E-state index contributed by atoms with van der Waals surface area (Å²) in [5.41, 5.74) is 5.52. The zero-order chi connectivity index (χ0) is 23.5. The molecule has 2 fully saturated rings. The average Bonchev–Trinajstić information content (AvgIpc) is 3.55. The average molecular weight is 457 g/mol. The largest absolute Gasteiger partial charge is 0.265 e. The Morgan fingerprint density at radius 1 is 0.371 bits per heavy atom. The zero-order valence-corrected chi connectivity index (χ0v) is 20.1. The second-order valence-electron chi connectivity index (χ2n) is 9.78. The van der Waals surface area contributed by atoms with Gasteiger partial charge in [-0.05, 0) is 47.9 Å². The summed E-state index contributed by atoms with van der Waals surface area (Å²) in [6.07, 6.45) is 4.54. The highest BCUT2D eigenvalue weighted by Crippen LogP contribution is 2.50. The molecule has 0 aliphatic carbocycles. The topological polar surface area (TPSA) is 6.48 Å². The van der Waals surface area contributed by atoms with Crippen LogP contribution in [0.25, 0.3) is 0 Å². The van der Waals surface area contributed by atoms with Crippen LogP contribution in [0.1, 0.15) is 72.1 Å². The predicted octanol–water partition coefficient (Wildman–Crippen LogP) is 8.14. The molecule has 35 heavy (non-hydrogen) atoms. The molecule has 0 unspecified atom stereocenters. The molecule has 0 spiro atoms. The van der Waals surface area contributed by atoms with Gasteiger partial charge in [0.25, 0.3) is 0 Å². The van der Waals surface area contributed by atoms with Gasteiger partial charge in [-0.25, -0.2) is 0 Å². The van der Waals surface area contributed by atoms with Gasteiger partial charge in [-0.2, -0.15) is 0 Å². The first-order valence-corrected chi connectivity index (χ1v) is 12.9. The van der Waals surface area contributed by atoms with E-state index in [0.29, 0.717) is 24.2 Å². The van der Waals surface area contributed by atoms with Gasteiger partial charge in [0.05, 0.1) is 0 Å². The standard InChI is InChI=1S/C33H32N2/c1-5-13-26(14-6-1)30-21-22-31(27-15-7-2-8-16-27)34(30)25-35-32(28-17-9-3-10-18-28)23-24-33(35)29-19-11-4-12-20-29/h1-20,30-33H,21-24H2/t30-,31-,32-,33-/m1/s1. The number of rotatable bonds is 6. The molecular formula is C33H32N2. The van der Waals surface area contributed by atoms with Crippen molar-refractivity contribution in [2.75, 3.05) is 0 Å². The van der Waals surface area contributed by atoms with Crippen LogP contribution in [0.15, 0.2) is 121 Å². The van der Waals surface area contributed by atoms with E-state index in [-0.39, 0.29) is 0 Å². The Balaban J connectivity index is 1.39. The Kier molecular flexibility index (Phi) is 6.49. The molecule has 0 N–H and O–H groups in total.